The van der Waals surface area contributed by atoms with Crippen LogP contribution in [-0.2, 0) is 11.3 Å². The lowest BCUT2D eigenvalue weighted by molar-refractivity contribution is 0.0413. The van der Waals surface area contributed by atoms with Crippen LogP contribution in [-0.4, -0.2) is 40.1 Å². The molecule has 1 fully saturated rings. The van der Waals surface area contributed by atoms with Gasteiger partial charge in [0.2, 0.25) is 5.76 Å². The first kappa shape index (κ1) is 16.6. The highest BCUT2D eigenvalue weighted by atomic mass is 16.5. The van der Waals surface area contributed by atoms with Crippen LogP contribution in [0.4, 0.5) is 0 Å². The number of rotatable bonds is 6. The number of pyridine rings is 1. The molecule has 6 nitrogen and oxygen atoms in total. The van der Waals surface area contributed by atoms with Gasteiger partial charge in [-0.15, -0.1) is 0 Å². The van der Waals surface area contributed by atoms with Crippen molar-refractivity contribution in [2.75, 3.05) is 13.1 Å². The number of nitrogens with zero attached hydrogens (tertiary/aromatic N) is 3. The second-order valence-electron chi connectivity index (χ2n) is 6.22. The average molecular weight is 329 g/mol. The van der Waals surface area contributed by atoms with Crippen LogP contribution in [0.15, 0.2) is 35.0 Å². The van der Waals surface area contributed by atoms with Gasteiger partial charge in [-0.2, -0.15) is 0 Å². The first-order valence-corrected chi connectivity index (χ1v) is 8.44. The van der Waals surface area contributed by atoms with Gasteiger partial charge in [-0.1, -0.05) is 25.1 Å². The third kappa shape index (κ3) is 3.82. The Balaban J connectivity index is 1.53. The van der Waals surface area contributed by atoms with E-state index in [4.69, 9.17) is 9.26 Å². The zero-order valence-corrected chi connectivity index (χ0v) is 14.1. The molecular formula is C18H23N3O3. The number of hydrogen-bond donors (Lipinski definition) is 0. The van der Waals surface area contributed by atoms with Crippen LogP contribution in [0, 0.1) is 0 Å². The van der Waals surface area contributed by atoms with E-state index in [0.717, 1.165) is 24.2 Å². The summed E-state index contributed by atoms with van der Waals surface area (Å²) < 4.78 is 11.1. The van der Waals surface area contributed by atoms with Gasteiger partial charge in [-0.3, -0.25) is 9.78 Å². The number of carbonyl (C=O) groups is 1. The number of ether oxygens (including phenoxy) is 1. The molecule has 6 heteroatoms. The fraction of sp³-hybridized carbons (Fsp3) is 0.500. The smallest absolute Gasteiger partial charge is 0.292 e. The minimum absolute atomic E-state index is 0.0351. The summed E-state index contributed by atoms with van der Waals surface area (Å²) in [6.45, 7) is 5.87. The summed E-state index contributed by atoms with van der Waals surface area (Å²) in [6.07, 6.45) is 3.58. The summed E-state index contributed by atoms with van der Waals surface area (Å²) in [5, 5.41) is 4.01. The lowest BCUT2D eigenvalue weighted by Gasteiger charge is -2.15. The van der Waals surface area contributed by atoms with Gasteiger partial charge in [0.15, 0.2) is 0 Å². The Labute approximate surface area is 141 Å². The lowest BCUT2D eigenvalue weighted by atomic mass is 10.1. The maximum absolute atomic E-state index is 12.5. The van der Waals surface area contributed by atoms with Crippen molar-refractivity contribution in [3.63, 3.8) is 0 Å². The largest absolute Gasteiger partial charge is 0.370 e. The van der Waals surface area contributed by atoms with Gasteiger partial charge in [0.1, 0.15) is 0 Å². The molecule has 0 N–H and O–H groups in total. The molecule has 3 heterocycles. The Morgan fingerprint density at radius 1 is 1.50 bits per heavy atom. The Morgan fingerprint density at radius 2 is 2.38 bits per heavy atom. The van der Waals surface area contributed by atoms with Crippen LogP contribution >= 0.6 is 0 Å². The molecule has 0 bridgehead atoms. The van der Waals surface area contributed by atoms with Crippen LogP contribution in [0.25, 0.3) is 0 Å². The summed E-state index contributed by atoms with van der Waals surface area (Å²) >= 11 is 0. The van der Waals surface area contributed by atoms with Crippen molar-refractivity contribution >= 4 is 5.91 Å². The van der Waals surface area contributed by atoms with E-state index in [-0.39, 0.29) is 12.0 Å². The summed E-state index contributed by atoms with van der Waals surface area (Å²) in [6, 6.07) is 7.51. The van der Waals surface area contributed by atoms with Gasteiger partial charge in [0.25, 0.3) is 5.91 Å². The third-order valence-electron chi connectivity index (χ3n) is 4.48. The molecule has 1 saturated heterocycles. The van der Waals surface area contributed by atoms with E-state index in [2.05, 4.69) is 24.0 Å². The maximum atomic E-state index is 12.5. The van der Waals surface area contributed by atoms with Crippen molar-refractivity contribution in [1.82, 2.24) is 15.0 Å². The van der Waals surface area contributed by atoms with Gasteiger partial charge < -0.3 is 14.2 Å². The number of carbonyl (C=O) groups excluding carboxylic acids is 1. The normalized spacial score (nSPS) is 18.8. The van der Waals surface area contributed by atoms with Crippen molar-refractivity contribution in [2.24, 2.45) is 0 Å². The summed E-state index contributed by atoms with van der Waals surface area (Å²) in [7, 11) is 0. The molecule has 0 aliphatic carbocycles. The SMILES string of the molecule is CC[C@H](C)c1cc(C(=O)N2CC[C@@H](OCc3ccccn3)C2)on1. The van der Waals surface area contributed by atoms with Crippen molar-refractivity contribution < 1.29 is 14.1 Å². The van der Waals surface area contributed by atoms with E-state index in [1.165, 1.54) is 0 Å². The first-order valence-electron chi connectivity index (χ1n) is 8.44. The second kappa shape index (κ2) is 7.57. The molecular weight excluding hydrogens is 306 g/mol. The average Bonchev–Trinajstić information content (AvgIpc) is 3.29. The van der Waals surface area contributed by atoms with E-state index >= 15 is 0 Å². The highest BCUT2D eigenvalue weighted by molar-refractivity contribution is 5.91. The van der Waals surface area contributed by atoms with Crippen LogP contribution in [0.1, 0.15) is 54.5 Å². The van der Waals surface area contributed by atoms with Crippen LogP contribution in [0.2, 0.25) is 0 Å². The molecule has 1 amide bonds. The maximum Gasteiger partial charge on any atom is 0.292 e. The molecule has 0 unspecified atom stereocenters. The fourth-order valence-electron chi connectivity index (χ4n) is 2.72. The Hall–Kier alpha value is -2.21. The Morgan fingerprint density at radius 3 is 3.12 bits per heavy atom. The first-order chi connectivity index (χ1) is 11.7. The molecule has 128 valence electrons. The molecule has 2 aromatic rings. The predicted molar refractivity (Wildman–Crippen MR) is 88.5 cm³/mol. The van der Waals surface area contributed by atoms with E-state index in [9.17, 15) is 4.79 Å². The lowest BCUT2D eigenvalue weighted by Crippen LogP contribution is -2.29. The summed E-state index contributed by atoms with van der Waals surface area (Å²) in [4.78, 5) is 18.5. The molecule has 1 aliphatic heterocycles. The second-order valence-corrected chi connectivity index (χ2v) is 6.22. The number of likely N-dealkylation sites (tertiary alicyclic amines) is 1. The van der Waals surface area contributed by atoms with E-state index in [1.54, 1.807) is 17.2 Å². The molecule has 0 aromatic carbocycles. The standard InChI is InChI=1S/C18H23N3O3/c1-3-13(2)16-10-17(24-20-16)18(22)21-9-7-15(11-21)23-12-14-6-4-5-8-19-14/h4-6,8,10,13,15H,3,7,9,11-12H2,1-2H3/t13-,15+/m0/s1. The van der Waals surface area contributed by atoms with Gasteiger partial charge in [0.05, 0.1) is 24.1 Å². The minimum atomic E-state index is -0.110. The highest BCUT2D eigenvalue weighted by Crippen LogP contribution is 2.21. The zero-order valence-electron chi connectivity index (χ0n) is 14.1. The molecule has 24 heavy (non-hydrogen) atoms. The van der Waals surface area contributed by atoms with Crippen LogP contribution in [0.5, 0.6) is 0 Å². The minimum Gasteiger partial charge on any atom is -0.370 e. The van der Waals surface area contributed by atoms with Crippen LogP contribution < -0.4 is 0 Å². The quantitative estimate of drug-likeness (QED) is 0.815. The van der Waals surface area contributed by atoms with E-state index < -0.39 is 0 Å². The van der Waals surface area contributed by atoms with Crippen LogP contribution in [0.3, 0.4) is 0 Å². The van der Waals surface area contributed by atoms with Gasteiger partial charge in [-0.05, 0) is 25.0 Å². The third-order valence-corrected chi connectivity index (χ3v) is 4.48. The number of aromatic nitrogens is 2. The van der Waals surface area contributed by atoms with E-state index in [1.807, 2.05) is 18.2 Å². The molecule has 0 saturated carbocycles. The van der Waals surface area contributed by atoms with Gasteiger partial charge >= 0.3 is 0 Å². The molecule has 1 aliphatic rings. The van der Waals surface area contributed by atoms with E-state index in [0.29, 0.717) is 31.4 Å². The Kier molecular flexibility index (Phi) is 5.25. The molecule has 3 rings (SSSR count). The van der Waals surface area contributed by atoms with Gasteiger partial charge in [0, 0.05) is 31.3 Å². The number of amides is 1. The highest BCUT2D eigenvalue weighted by Gasteiger charge is 2.30. The van der Waals surface area contributed by atoms with Crippen molar-refractivity contribution in [1.29, 1.82) is 0 Å². The fourth-order valence-corrected chi connectivity index (χ4v) is 2.72. The van der Waals surface area contributed by atoms with Crippen molar-refractivity contribution in [3.8, 4) is 0 Å². The summed E-state index contributed by atoms with van der Waals surface area (Å²) in [5.41, 5.74) is 1.73. The molecule has 2 atom stereocenters. The van der Waals surface area contributed by atoms with Crippen molar-refractivity contribution in [3.05, 3.63) is 47.6 Å². The molecule has 0 spiro atoms. The predicted octanol–water partition coefficient (Wildman–Crippen LogP) is 3.01. The number of hydrogen-bond acceptors (Lipinski definition) is 5. The van der Waals surface area contributed by atoms with Crippen molar-refractivity contribution in [2.45, 2.75) is 45.3 Å². The molecule has 0 radical (unpaired) electrons. The molecule has 2 aromatic heterocycles. The topological polar surface area (TPSA) is 68.5 Å². The monoisotopic (exact) mass is 329 g/mol. The zero-order chi connectivity index (χ0) is 16.9. The van der Waals surface area contributed by atoms with Gasteiger partial charge in [-0.25, -0.2) is 0 Å². The Bertz CT molecular complexity index is 671. The summed E-state index contributed by atoms with van der Waals surface area (Å²) in [5.74, 6) is 0.500.